The van der Waals surface area contributed by atoms with Crippen LogP contribution < -0.4 is 0 Å². The fourth-order valence-electron chi connectivity index (χ4n) is 2.09. The molecule has 4 nitrogen and oxygen atoms in total. The number of hydrogen-bond donors (Lipinski definition) is 0. The Bertz CT molecular complexity index is 257. The van der Waals surface area contributed by atoms with Gasteiger partial charge in [0, 0.05) is 13.5 Å². The Hall–Kier alpha value is -0.680. The monoisotopic (exact) mass is 256 g/mol. The summed E-state index contributed by atoms with van der Waals surface area (Å²) in [7, 11) is 1.60. The Balaban J connectivity index is 2.67. The first-order chi connectivity index (χ1) is 8.79. The first-order valence-corrected chi connectivity index (χ1v) is 6.39. The van der Waals surface area contributed by atoms with Crippen LogP contribution in [-0.2, 0) is 18.9 Å². The van der Waals surface area contributed by atoms with E-state index in [1.54, 1.807) is 7.11 Å². The molecule has 18 heavy (non-hydrogen) atoms. The summed E-state index contributed by atoms with van der Waals surface area (Å²) >= 11 is 0. The van der Waals surface area contributed by atoms with E-state index >= 15 is 0 Å². The molecule has 0 aromatic heterocycles. The lowest BCUT2D eigenvalue weighted by atomic mass is 10.0. The largest absolute Gasteiger partial charge is 0.359 e. The quantitative estimate of drug-likeness (QED) is 0.469. The van der Waals surface area contributed by atoms with Gasteiger partial charge in [0.2, 0.25) is 0 Å². The average molecular weight is 256 g/mol. The highest BCUT2D eigenvalue weighted by Crippen LogP contribution is 2.32. The first-order valence-electron chi connectivity index (χ1n) is 6.39. The molecule has 4 heteroatoms. The molecule has 1 aliphatic rings. The Labute approximate surface area is 110 Å². The molecule has 1 atom stereocenters. The zero-order valence-electron chi connectivity index (χ0n) is 11.4. The summed E-state index contributed by atoms with van der Waals surface area (Å²) < 4.78 is 22.3. The Morgan fingerprint density at radius 1 is 1.39 bits per heavy atom. The highest BCUT2D eigenvalue weighted by molar-refractivity contribution is 4.91. The summed E-state index contributed by atoms with van der Waals surface area (Å²) in [5, 5.41) is 0. The SMILES string of the molecule is C=CC[C@@H](OCOC)C1(CC/C=C/C)OCCO1. The van der Waals surface area contributed by atoms with Crippen LogP contribution in [0.15, 0.2) is 24.8 Å². The van der Waals surface area contributed by atoms with Gasteiger partial charge in [-0.05, 0) is 19.8 Å². The predicted molar refractivity (Wildman–Crippen MR) is 70.2 cm³/mol. The van der Waals surface area contributed by atoms with Crippen molar-refractivity contribution in [1.82, 2.24) is 0 Å². The summed E-state index contributed by atoms with van der Waals surface area (Å²) in [6.07, 6.45) is 8.14. The van der Waals surface area contributed by atoms with Crippen molar-refractivity contribution in [2.45, 2.75) is 38.1 Å². The summed E-state index contributed by atoms with van der Waals surface area (Å²) in [5.41, 5.74) is 0. The van der Waals surface area contributed by atoms with Gasteiger partial charge in [0.1, 0.15) is 12.9 Å². The van der Waals surface area contributed by atoms with E-state index in [0.29, 0.717) is 19.6 Å². The minimum Gasteiger partial charge on any atom is -0.359 e. The van der Waals surface area contributed by atoms with Gasteiger partial charge in [-0.25, -0.2) is 0 Å². The summed E-state index contributed by atoms with van der Waals surface area (Å²) in [6.45, 7) is 7.22. The van der Waals surface area contributed by atoms with E-state index in [0.717, 1.165) is 12.8 Å². The van der Waals surface area contributed by atoms with Gasteiger partial charge in [0.15, 0.2) is 5.79 Å². The maximum Gasteiger partial charge on any atom is 0.195 e. The normalized spacial score (nSPS) is 20.3. The van der Waals surface area contributed by atoms with Crippen LogP contribution >= 0.6 is 0 Å². The third-order valence-electron chi connectivity index (χ3n) is 2.93. The van der Waals surface area contributed by atoms with Gasteiger partial charge < -0.3 is 18.9 Å². The van der Waals surface area contributed by atoms with Crippen LogP contribution in [0, 0.1) is 0 Å². The topological polar surface area (TPSA) is 36.9 Å². The highest BCUT2D eigenvalue weighted by atomic mass is 16.8. The van der Waals surface area contributed by atoms with Gasteiger partial charge in [-0.2, -0.15) is 0 Å². The molecule has 0 spiro atoms. The molecule has 104 valence electrons. The van der Waals surface area contributed by atoms with Crippen LogP contribution in [0.1, 0.15) is 26.2 Å². The molecule has 0 radical (unpaired) electrons. The molecule has 0 aliphatic carbocycles. The van der Waals surface area contributed by atoms with Crippen LogP contribution in [0.4, 0.5) is 0 Å². The molecule has 0 amide bonds. The van der Waals surface area contributed by atoms with Crippen molar-refractivity contribution in [2.75, 3.05) is 27.1 Å². The van der Waals surface area contributed by atoms with Crippen LogP contribution in [0.5, 0.6) is 0 Å². The molecule has 0 saturated carbocycles. The van der Waals surface area contributed by atoms with Crippen molar-refractivity contribution in [1.29, 1.82) is 0 Å². The molecule has 0 N–H and O–H groups in total. The fourth-order valence-corrected chi connectivity index (χ4v) is 2.09. The zero-order chi connectivity index (χ0) is 13.3. The van der Waals surface area contributed by atoms with Crippen molar-refractivity contribution in [2.24, 2.45) is 0 Å². The Morgan fingerprint density at radius 2 is 2.11 bits per heavy atom. The summed E-state index contributed by atoms with van der Waals surface area (Å²) in [6, 6.07) is 0. The zero-order valence-corrected chi connectivity index (χ0v) is 11.4. The van der Waals surface area contributed by atoms with Gasteiger partial charge in [-0.3, -0.25) is 0 Å². The van der Waals surface area contributed by atoms with E-state index < -0.39 is 5.79 Å². The number of hydrogen-bond acceptors (Lipinski definition) is 4. The third-order valence-corrected chi connectivity index (χ3v) is 2.93. The summed E-state index contributed by atoms with van der Waals surface area (Å²) in [5.74, 6) is -0.660. The predicted octanol–water partition coefficient (Wildman–Crippen LogP) is 2.65. The summed E-state index contributed by atoms with van der Waals surface area (Å²) in [4.78, 5) is 0. The van der Waals surface area contributed by atoms with Gasteiger partial charge in [-0.15, -0.1) is 6.58 Å². The van der Waals surface area contributed by atoms with Crippen molar-refractivity contribution in [3.8, 4) is 0 Å². The van der Waals surface area contributed by atoms with E-state index in [9.17, 15) is 0 Å². The number of methoxy groups -OCH3 is 1. The lowest BCUT2D eigenvalue weighted by Crippen LogP contribution is -2.45. The van der Waals surface area contributed by atoms with Gasteiger partial charge in [0.25, 0.3) is 0 Å². The maximum atomic E-state index is 5.81. The van der Waals surface area contributed by atoms with Crippen molar-refractivity contribution in [3.05, 3.63) is 24.8 Å². The Kier molecular flexibility index (Phi) is 7.20. The smallest absolute Gasteiger partial charge is 0.195 e. The van der Waals surface area contributed by atoms with Gasteiger partial charge in [-0.1, -0.05) is 18.2 Å². The van der Waals surface area contributed by atoms with Crippen LogP contribution in [0.3, 0.4) is 0 Å². The highest BCUT2D eigenvalue weighted by Gasteiger charge is 2.44. The third kappa shape index (κ3) is 4.21. The lowest BCUT2D eigenvalue weighted by Gasteiger charge is -2.34. The van der Waals surface area contributed by atoms with E-state index in [1.807, 2.05) is 19.1 Å². The Morgan fingerprint density at radius 3 is 2.67 bits per heavy atom. The lowest BCUT2D eigenvalue weighted by molar-refractivity contribution is -0.251. The van der Waals surface area contributed by atoms with Crippen molar-refractivity contribution in [3.63, 3.8) is 0 Å². The molecule has 1 aliphatic heterocycles. The van der Waals surface area contributed by atoms with E-state index in [2.05, 4.69) is 12.7 Å². The molecule has 0 aromatic rings. The van der Waals surface area contributed by atoms with E-state index in [4.69, 9.17) is 18.9 Å². The molecule has 1 saturated heterocycles. The second-order valence-corrected chi connectivity index (χ2v) is 4.20. The minimum absolute atomic E-state index is 0.178. The molecule has 0 unspecified atom stereocenters. The van der Waals surface area contributed by atoms with Crippen molar-refractivity contribution >= 4 is 0 Å². The molecule has 1 rings (SSSR count). The second kappa shape index (κ2) is 8.43. The van der Waals surface area contributed by atoms with E-state index in [1.165, 1.54) is 0 Å². The molecule has 1 heterocycles. The maximum absolute atomic E-state index is 5.81. The number of allylic oxidation sites excluding steroid dienone is 2. The number of rotatable bonds is 9. The van der Waals surface area contributed by atoms with Gasteiger partial charge >= 0.3 is 0 Å². The number of ether oxygens (including phenoxy) is 4. The van der Waals surface area contributed by atoms with E-state index in [-0.39, 0.29) is 12.9 Å². The van der Waals surface area contributed by atoms with Gasteiger partial charge in [0.05, 0.1) is 13.2 Å². The van der Waals surface area contributed by atoms with Crippen molar-refractivity contribution < 1.29 is 18.9 Å². The van der Waals surface area contributed by atoms with Crippen LogP contribution in [-0.4, -0.2) is 39.0 Å². The molecular formula is C14H24O4. The fraction of sp³-hybridized carbons (Fsp3) is 0.714. The van der Waals surface area contributed by atoms with Crippen LogP contribution in [0.25, 0.3) is 0 Å². The molecule has 0 aromatic carbocycles. The first kappa shape index (κ1) is 15.4. The van der Waals surface area contributed by atoms with Crippen LogP contribution in [0.2, 0.25) is 0 Å². The molecule has 1 fully saturated rings. The average Bonchev–Trinajstić information content (AvgIpc) is 2.85. The minimum atomic E-state index is -0.660. The molecular weight excluding hydrogens is 232 g/mol. The standard InChI is InChI=1S/C14H24O4/c1-4-6-7-9-14(17-10-11-18-14)13(8-5-2)16-12-15-3/h4-6,13H,2,7-12H2,1,3H3/b6-4+/t13-/m1/s1. The molecule has 0 bridgehead atoms. The second-order valence-electron chi connectivity index (χ2n) is 4.20.